The highest BCUT2D eigenvalue weighted by molar-refractivity contribution is 5.84. The minimum atomic E-state index is 0.568. The van der Waals surface area contributed by atoms with Gasteiger partial charge in [0.2, 0.25) is 0 Å². The van der Waals surface area contributed by atoms with Gasteiger partial charge < -0.3 is 5.32 Å². The molecule has 0 aliphatic heterocycles. The van der Waals surface area contributed by atoms with E-state index in [0.29, 0.717) is 6.04 Å². The Bertz CT molecular complexity index is 474. The Kier molecular flexibility index (Phi) is 4.10. The summed E-state index contributed by atoms with van der Waals surface area (Å²) in [6.07, 6.45) is 6.34. The molecule has 2 aromatic rings. The number of hydrogen-bond acceptors (Lipinski definition) is 2. The number of aromatic nitrogens is 1. The van der Waals surface area contributed by atoms with Crippen molar-refractivity contribution >= 4 is 10.8 Å². The van der Waals surface area contributed by atoms with E-state index in [-0.39, 0.29) is 0 Å². The number of fused-ring (bicyclic) bond motifs is 1. The van der Waals surface area contributed by atoms with Crippen LogP contribution in [0.25, 0.3) is 10.8 Å². The molecule has 17 heavy (non-hydrogen) atoms. The van der Waals surface area contributed by atoms with Gasteiger partial charge in [-0.05, 0) is 24.3 Å². The van der Waals surface area contributed by atoms with Crippen molar-refractivity contribution in [3.05, 3.63) is 42.2 Å². The van der Waals surface area contributed by atoms with Crippen molar-refractivity contribution < 1.29 is 0 Å². The molecule has 2 nitrogen and oxygen atoms in total. The fourth-order valence-corrected chi connectivity index (χ4v) is 2.14. The quantitative estimate of drug-likeness (QED) is 0.847. The van der Waals surface area contributed by atoms with Gasteiger partial charge in [-0.3, -0.25) is 4.98 Å². The average Bonchev–Trinajstić information content (AvgIpc) is 2.36. The third kappa shape index (κ3) is 3.04. The zero-order valence-electron chi connectivity index (χ0n) is 10.6. The Morgan fingerprint density at radius 3 is 2.88 bits per heavy atom. The van der Waals surface area contributed by atoms with E-state index >= 15 is 0 Å². The lowest BCUT2D eigenvalue weighted by atomic mass is 10.1. The fraction of sp³-hybridized carbons (Fsp3) is 0.400. The van der Waals surface area contributed by atoms with Gasteiger partial charge in [-0.25, -0.2) is 0 Å². The van der Waals surface area contributed by atoms with Gasteiger partial charge in [-0.1, -0.05) is 37.6 Å². The van der Waals surface area contributed by atoms with Gasteiger partial charge in [0, 0.05) is 30.4 Å². The van der Waals surface area contributed by atoms with Crippen molar-refractivity contribution in [2.75, 3.05) is 0 Å². The first-order valence-corrected chi connectivity index (χ1v) is 6.36. The maximum Gasteiger partial charge on any atom is 0.0346 e. The Morgan fingerprint density at radius 1 is 1.24 bits per heavy atom. The molecule has 0 amide bonds. The van der Waals surface area contributed by atoms with Gasteiger partial charge >= 0.3 is 0 Å². The summed E-state index contributed by atoms with van der Waals surface area (Å²) in [5.74, 6) is 0. The van der Waals surface area contributed by atoms with E-state index < -0.39 is 0 Å². The van der Waals surface area contributed by atoms with E-state index in [2.05, 4.69) is 48.4 Å². The van der Waals surface area contributed by atoms with Crippen molar-refractivity contribution in [2.45, 2.75) is 39.3 Å². The SMILES string of the molecule is CCCC(C)NCc1cncc2ccccc12. The Hall–Kier alpha value is -1.41. The van der Waals surface area contributed by atoms with Crippen molar-refractivity contribution in [1.29, 1.82) is 0 Å². The molecule has 0 aliphatic carbocycles. The molecule has 1 N–H and O–H groups in total. The number of pyridine rings is 1. The number of hydrogen-bond donors (Lipinski definition) is 1. The standard InChI is InChI=1S/C15H20N2/c1-3-6-12(2)17-11-14-10-16-9-13-7-4-5-8-15(13)14/h4-5,7-10,12,17H,3,6,11H2,1-2H3. The predicted octanol–water partition coefficient (Wildman–Crippen LogP) is 3.51. The van der Waals surface area contributed by atoms with Gasteiger partial charge in [0.1, 0.15) is 0 Å². The average molecular weight is 228 g/mol. The summed E-state index contributed by atoms with van der Waals surface area (Å²) in [6.45, 7) is 5.36. The highest BCUT2D eigenvalue weighted by Gasteiger charge is 2.03. The van der Waals surface area contributed by atoms with Gasteiger partial charge in [-0.2, -0.15) is 0 Å². The highest BCUT2D eigenvalue weighted by atomic mass is 14.9. The lowest BCUT2D eigenvalue weighted by Crippen LogP contribution is -2.25. The van der Waals surface area contributed by atoms with Crippen LogP contribution >= 0.6 is 0 Å². The summed E-state index contributed by atoms with van der Waals surface area (Å²) in [7, 11) is 0. The van der Waals surface area contributed by atoms with Crippen molar-refractivity contribution in [2.24, 2.45) is 0 Å². The first-order valence-electron chi connectivity index (χ1n) is 6.36. The fourth-order valence-electron chi connectivity index (χ4n) is 2.14. The summed E-state index contributed by atoms with van der Waals surface area (Å²) in [6, 6.07) is 8.99. The molecule has 1 unspecified atom stereocenters. The zero-order valence-corrected chi connectivity index (χ0v) is 10.6. The third-order valence-electron chi connectivity index (χ3n) is 3.11. The van der Waals surface area contributed by atoms with Crippen LogP contribution in [0.1, 0.15) is 32.3 Å². The Balaban J connectivity index is 2.13. The van der Waals surface area contributed by atoms with Crippen LogP contribution in [0.4, 0.5) is 0 Å². The third-order valence-corrected chi connectivity index (χ3v) is 3.11. The van der Waals surface area contributed by atoms with Gasteiger partial charge in [0.25, 0.3) is 0 Å². The summed E-state index contributed by atoms with van der Waals surface area (Å²) in [5, 5.41) is 6.07. The van der Waals surface area contributed by atoms with Crippen LogP contribution in [0, 0.1) is 0 Å². The van der Waals surface area contributed by atoms with Crippen molar-refractivity contribution in [3.63, 3.8) is 0 Å². The van der Waals surface area contributed by atoms with E-state index in [1.54, 1.807) is 0 Å². The molecule has 0 spiro atoms. The molecule has 1 atom stereocenters. The second-order valence-electron chi connectivity index (χ2n) is 4.59. The molecule has 1 aromatic heterocycles. The summed E-state index contributed by atoms with van der Waals surface area (Å²) >= 11 is 0. The van der Waals surface area contributed by atoms with Crippen LogP contribution in [0.5, 0.6) is 0 Å². The second-order valence-corrected chi connectivity index (χ2v) is 4.59. The normalized spacial score (nSPS) is 12.8. The van der Waals surface area contributed by atoms with Crippen LogP contribution < -0.4 is 5.32 Å². The summed E-state index contributed by atoms with van der Waals surface area (Å²) < 4.78 is 0. The summed E-state index contributed by atoms with van der Waals surface area (Å²) in [4.78, 5) is 4.30. The molecule has 0 aliphatic rings. The Morgan fingerprint density at radius 2 is 2.06 bits per heavy atom. The maximum atomic E-state index is 4.30. The largest absolute Gasteiger partial charge is 0.310 e. The van der Waals surface area contributed by atoms with Crippen LogP contribution in [0.15, 0.2) is 36.7 Å². The number of rotatable bonds is 5. The van der Waals surface area contributed by atoms with E-state index in [9.17, 15) is 0 Å². The van der Waals surface area contributed by atoms with Crippen LogP contribution in [0.2, 0.25) is 0 Å². The molecule has 0 saturated heterocycles. The molecular formula is C15H20N2. The van der Waals surface area contributed by atoms with Crippen LogP contribution in [-0.4, -0.2) is 11.0 Å². The lowest BCUT2D eigenvalue weighted by Gasteiger charge is -2.13. The molecule has 90 valence electrons. The smallest absolute Gasteiger partial charge is 0.0346 e. The highest BCUT2D eigenvalue weighted by Crippen LogP contribution is 2.16. The van der Waals surface area contributed by atoms with Crippen molar-refractivity contribution in [3.8, 4) is 0 Å². The van der Waals surface area contributed by atoms with Gasteiger partial charge in [0.05, 0.1) is 0 Å². The van der Waals surface area contributed by atoms with E-state index in [1.165, 1.54) is 29.2 Å². The van der Waals surface area contributed by atoms with Crippen molar-refractivity contribution in [1.82, 2.24) is 10.3 Å². The summed E-state index contributed by atoms with van der Waals surface area (Å²) in [5.41, 5.74) is 1.28. The molecule has 2 rings (SSSR count). The minimum Gasteiger partial charge on any atom is -0.310 e. The number of nitrogens with zero attached hydrogens (tertiary/aromatic N) is 1. The van der Waals surface area contributed by atoms with Crippen LogP contribution in [0.3, 0.4) is 0 Å². The minimum absolute atomic E-state index is 0.568. The van der Waals surface area contributed by atoms with Gasteiger partial charge in [0.15, 0.2) is 0 Å². The predicted molar refractivity (Wildman–Crippen MR) is 73.0 cm³/mol. The van der Waals surface area contributed by atoms with Crippen LogP contribution in [-0.2, 0) is 6.54 Å². The van der Waals surface area contributed by atoms with E-state index in [4.69, 9.17) is 0 Å². The monoisotopic (exact) mass is 228 g/mol. The number of nitrogens with one attached hydrogen (secondary N) is 1. The Labute approximate surface area is 103 Å². The first kappa shape index (κ1) is 12.1. The molecule has 1 aromatic carbocycles. The topological polar surface area (TPSA) is 24.9 Å². The lowest BCUT2D eigenvalue weighted by molar-refractivity contribution is 0.509. The zero-order chi connectivity index (χ0) is 12.1. The van der Waals surface area contributed by atoms with E-state index in [1.807, 2.05) is 12.4 Å². The molecule has 2 heteroatoms. The molecule has 0 fully saturated rings. The number of benzene rings is 1. The second kappa shape index (κ2) is 5.78. The first-order chi connectivity index (χ1) is 8.31. The molecule has 1 heterocycles. The molecule has 0 bridgehead atoms. The van der Waals surface area contributed by atoms with Gasteiger partial charge in [-0.15, -0.1) is 0 Å². The molecular weight excluding hydrogens is 208 g/mol. The maximum absolute atomic E-state index is 4.30. The van der Waals surface area contributed by atoms with E-state index in [0.717, 1.165) is 6.54 Å². The molecule has 0 radical (unpaired) electrons. The molecule has 0 saturated carbocycles.